The van der Waals surface area contributed by atoms with Gasteiger partial charge in [0.15, 0.2) is 11.6 Å². The van der Waals surface area contributed by atoms with Gasteiger partial charge in [-0.25, -0.2) is 13.1 Å². The molecule has 1 aromatic heterocycles. The summed E-state index contributed by atoms with van der Waals surface area (Å²) in [6.07, 6.45) is 6.29. The number of anilines is 2. The molecule has 8 rings (SSSR count). The number of nitriles is 1. The van der Waals surface area contributed by atoms with Crippen LogP contribution in [0.1, 0.15) is 80.4 Å². The van der Waals surface area contributed by atoms with Crippen LogP contribution >= 0.6 is 12.1 Å². The number of fused-ring (bicyclic) bond motifs is 1. The summed E-state index contributed by atoms with van der Waals surface area (Å²) in [5, 5.41) is 16.1. The van der Waals surface area contributed by atoms with E-state index in [1.165, 1.54) is 30.3 Å². The van der Waals surface area contributed by atoms with Gasteiger partial charge in [-0.05, 0) is 124 Å². The predicted molar refractivity (Wildman–Crippen MR) is 229 cm³/mol. The minimum Gasteiger partial charge on any atom is -0.453 e. The molecular formula is C45H50F2N8O5S. The van der Waals surface area contributed by atoms with Gasteiger partial charge in [0.05, 0.1) is 30.0 Å². The molecule has 61 heavy (non-hydrogen) atoms. The summed E-state index contributed by atoms with van der Waals surface area (Å²) in [7, 11) is 1.91. The number of nitrogens with one attached hydrogen (secondary N) is 3. The molecule has 16 heteroatoms. The first-order valence-electron chi connectivity index (χ1n) is 21.0. The van der Waals surface area contributed by atoms with Crippen LogP contribution in [0.3, 0.4) is 0 Å². The van der Waals surface area contributed by atoms with Gasteiger partial charge in [0.25, 0.3) is 0 Å². The zero-order valence-corrected chi connectivity index (χ0v) is 35.2. The van der Waals surface area contributed by atoms with Crippen molar-refractivity contribution < 1.29 is 32.6 Å². The Morgan fingerprint density at radius 2 is 1.85 bits per heavy atom. The molecule has 5 heterocycles. The summed E-state index contributed by atoms with van der Waals surface area (Å²) in [5.41, 5.74) is 3.16. The number of benzene rings is 3. The molecule has 3 N–H and O–H groups in total. The van der Waals surface area contributed by atoms with Gasteiger partial charge in [-0.15, -0.1) is 0 Å². The Hall–Kier alpha value is -5.34. The number of carbonyl (C=O) groups is 3. The van der Waals surface area contributed by atoms with Gasteiger partial charge in [0, 0.05) is 61.4 Å². The Bertz CT molecular complexity index is 2350. The first-order chi connectivity index (χ1) is 29.5. The van der Waals surface area contributed by atoms with Gasteiger partial charge >= 0.3 is 0 Å². The number of ether oxygens (including phenoxy) is 2. The van der Waals surface area contributed by atoms with E-state index in [-0.39, 0.29) is 52.8 Å². The zero-order chi connectivity index (χ0) is 42.7. The van der Waals surface area contributed by atoms with Crippen LogP contribution in [0.5, 0.6) is 11.5 Å². The van der Waals surface area contributed by atoms with Gasteiger partial charge in [-0.2, -0.15) is 5.26 Å². The Balaban J connectivity index is 0.820. The number of halogens is 2. The van der Waals surface area contributed by atoms with Crippen molar-refractivity contribution in [3.05, 3.63) is 89.1 Å². The Morgan fingerprint density at radius 1 is 1.05 bits per heavy atom. The van der Waals surface area contributed by atoms with E-state index < -0.39 is 17.8 Å². The van der Waals surface area contributed by atoms with Crippen LogP contribution in [-0.4, -0.2) is 101 Å². The highest BCUT2D eigenvalue weighted by Gasteiger charge is 2.44. The van der Waals surface area contributed by atoms with E-state index in [1.807, 2.05) is 41.5 Å². The molecule has 3 amide bonds. The molecule has 0 radical (unpaired) electrons. The molecular weight excluding hydrogens is 803 g/mol. The summed E-state index contributed by atoms with van der Waals surface area (Å²) in [4.78, 5) is 45.9. The molecule has 4 aliphatic heterocycles. The normalized spacial score (nSPS) is 20.8. The maximum Gasteiger partial charge on any atom is 0.249 e. The van der Waals surface area contributed by atoms with E-state index in [0.29, 0.717) is 68.4 Å². The molecule has 4 aromatic rings. The van der Waals surface area contributed by atoms with Crippen LogP contribution in [0.4, 0.5) is 20.2 Å². The second kappa shape index (κ2) is 18.3. The first-order valence-corrected chi connectivity index (χ1v) is 21.7. The van der Waals surface area contributed by atoms with Crippen molar-refractivity contribution in [2.24, 2.45) is 0 Å². The zero-order valence-electron chi connectivity index (χ0n) is 34.3. The number of amides is 3. The molecule has 13 nitrogen and oxygen atoms in total. The molecule has 0 aliphatic carbocycles. The van der Waals surface area contributed by atoms with Crippen molar-refractivity contribution in [1.29, 1.82) is 5.26 Å². The highest BCUT2D eigenvalue weighted by molar-refractivity contribution is 7.98. The number of imide groups is 1. The van der Waals surface area contributed by atoms with E-state index in [1.54, 1.807) is 18.2 Å². The van der Waals surface area contributed by atoms with Crippen LogP contribution in [0.2, 0.25) is 0 Å². The monoisotopic (exact) mass is 852 g/mol. The lowest BCUT2D eigenvalue weighted by molar-refractivity contribution is -0.137. The summed E-state index contributed by atoms with van der Waals surface area (Å²) in [6, 6.07) is 16.7. The first kappa shape index (κ1) is 42.4. The van der Waals surface area contributed by atoms with Gasteiger partial charge in [0.1, 0.15) is 29.2 Å². The van der Waals surface area contributed by atoms with Crippen LogP contribution in [0.15, 0.2) is 60.8 Å². The quantitative estimate of drug-likeness (QED) is 0.0989. The minimum atomic E-state index is -0.634. The van der Waals surface area contributed by atoms with Gasteiger partial charge in [-0.1, -0.05) is 13.0 Å². The predicted octanol–water partition coefficient (Wildman–Crippen LogP) is 7.07. The van der Waals surface area contributed by atoms with E-state index in [2.05, 4.69) is 32.4 Å². The van der Waals surface area contributed by atoms with Crippen LogP contribution < -0.4 is 20.1 Å². The Labute approximate surface area is 358 Å². The number of likely N-dealkylation sites (tertiary alicyclic amines) is 2. The smallest absolute Gasteiger partial charge is 0.249 e. The molecule has 0 bridgehead atoms. The minimum absolute atomic E-state index is 0.0384. The fourth-order valence-electron chi connectivity index (χ4n) is 8.82. The van der Waals surface area contributed by atoms with E-state index in [0.717, 1.165) is 55.1 Å². The third-order valence-corrected chi connectivity index (χ3v) is 13.4. The highest BCUT2D eigenvalue weighted by atomic mass is 32.2. The number of piperidine rings is 3. The summed E-state index contributed by atoms with van der Waals surface area (Å²) in [5.74, 6) is -1.14. The standard InChI is InChI=1S/C45H50F2N8O5S/c1-3-53(2)61-52-39-9-7-36(46)43(35(39)24-48)60-33-5-8-38-29(21-33)20-30(25-49-38)31-23-45(59-27-31)14-18-55(19-15-45)42(57)26-54-16-12-28(13-17-54)34-6-4-32(22-37(34)47)50-40-10-11-41(56)51-44(40)58/h4-9,20-22,25,28,31,40,50,52H,3,10-19,23,26-27H2,1-2H3,(H,51,56,58). The van der Waals surface area contributed by atoms with Crippen LogP contribution in [0.25, 0.3) is 10.9 Å². The molecule has 4 aliphatic rings. The Morgan fingerprint density at radius 3 is 2.59 bits per heavy atom. The van der Waals surface area contributed by atoms with Crippen LogP contribution in [-0.2, 0) is 19.1 Å². The molecule has 4 fully saturated rings. The van der Waals surface area contributed by atoms with E-state index >= 15 is 8.78 Å². The number of rotatable bonds is 12. The number of carbonyl (C=O) groups excluding carboxylic acids is 3. The van der Waals surface area contributed by atoms with Crippen molar-refractivity contribution in [1.82, 2.24) is 24.4 Å². The molecule has 0 saturated carbocycles. The van der Waals surface area contributed by atoms with Crippen molar-refractivity contribution in [3.8, 4) is 17.6 Å². The summed E-state index contributed by atoms with van der Waals surface area (Å²) >= 11 is 1.31. The SMILES string of the molecule is CCN(C)SNc1ccc(F)c(Oc2ccc3ncc(C4COC5(CCN(C(=O)CN6CCC(c7ccc(NC8CCC(=O)NC8=O)cc7F)CC6)CC5)C4)cc3c2)c1C#N. The van der Waals surface area contributed by atoms with Crippen molar-refractivity contribution in [2.75, 3.05) is 63.0 Å². The largest absolute Gasteiger partial charge is 0.453 e. The lowest BCUT2D eigenvalue weighted by Crippen LogP contribution is -2.50. The number of nitrogens with zero attached hydrogens (tertiary/aromatic N) is 5. The Kier molecular flexibility index (Phi) is 12.7. The van der Waals surface area contributed by atoms with E-state index in [9.17, 15) is 19.6 Å². The fourth-order valence-corrected chi connectivity index (χ4v) is 9.37. The molecule has 2 atom stereocenters. The maximum atomic E-state index is 15.3. The third kappa shape index (κ3) is 9.60. The van der Waals surface area contributed by atoms with Gasteiger partial charge < -0.3 is 24.4 Å². The summed E-state index contributed by atoms with van der Waals surface area (Å²) < 4.78 is 47.9. The molecule has 320 valence electrons. The lowest BCUT2D eigenvalue weighted by atomic mass is 9.83. The number of aromatic nitrogens is 1. The second-order valence-corrected chi connectivity index (χ2v) is 17.5. The highest BCUT2D eigenvalue weighted by Crippen LogP contribution is 2.44. The van der Waals surface area contributed by atoms with Crippen LogP contribution in [0, 0.1) is 23.0 Å². The average molecular weight is 853 g/mol. The third-order valence-electron chi connectivity index (χ3n) is 12.5. The maximum absolute atomic E-state index is 15.3. The molecule has 4 saturated heterocycles. The lowest BCUT2D eigenvalue weighted by Gasteiger charge is -2.40. The van der Waals surface area contributed by atoms with Gasteiger partial charge in [-0.3, -0.25) is 29.6 Å². The van der Waals surface area contributed by atoms with Crippen molar-refractivity contribution in [2.45, 2.75) is 75.3 Å². The second-order valence-electron chi connectivity index (χ2n) is 16.5. The topological polar surface area (TPSA) is 152 Å². The molecule has 2 unspecified atom stereocenters. The van der Waals surface area contributed by atoms with Crippen molar-refractivity contribution >= 4 is 52.1 Å². The number of pyridine rings is 1. The number of hydrogen-bond acceptors (Lipinski definition) is 12. The average Bonchev–Trinajstić information content (AvgIpc) is 3.68. The van der Waals surface area contributed by atoms with Crippen molar-refractivity contribution in [3.63, 3.8) is 0 Å². The molecule has 3 aromatic carbocycles. The summed E-state index contributed by atoms with van der Waals surface area (Å²) in [6.45, 7) is 6.29. The molecule has 1 spiro atoms. The van der Waals surface area contributed by atoms with E-state index in [4.69, 9.17) is 14.5 Å². The fraction of sp³-hybridized carbons (Fsp3) is 0.444. The van der Waals surface area contributed by atoms with Gasteiger partial charge in [0.2, 0.25) is 17.7 Å². The number of hydrogen-bond donors (Lipinski definition) is 3.